The first-order chi connectivity index (χ1) is 12.4. The second-order valence-electron chi connectivity index (χ2n) is 9.90. The van der Waals surface area contributed by atoms with Crippen LogP contribution in [0.3, 0.4) is 0 Å². The lowest BCUT2D eigenvalue weighted by molar-refractivity contribution is -0.0872. The summed E-state index contributed by atoms with van der Waals surface area (Å²) in [4.78, 5) is 0. The van der Waals surface area contributed by atoms with Gasteiger partial charge in [-0.1, -0.05) is 40.9 Å². The molecular formula is C23H32BrClO. The van der Waals surface area contributed by atoms with Crippen molar-refractivity contribution >= 4 is 27.5 Å². The number of halogens is 2. The number of aliphatic hydroxyl groups is 1. The van der Waals surface area contributed by atoms with E-state index in [1.165, 1.54) is 44.1 Å². The minimum Gasteiger partial charge on any atom is -0.378 e. The molecule has 144 valence electrons. The van der Waals surface area contributed by atoms with Crippen molar-refractivity contribution in [1.82, 2.24) is 0 Å². The average Bonchev–Trinajstić information content (AvgIpc) is 2.98. The molecule has 1 N–H and O–H groups in total. The summed E-state index contributed by atoms with van der Waals surface area (Å²) in [5.41, 5.74) is 1.06. The summed E-state index contributed by atoms with van der Waals surface area (Å²) >= 11 is 9.27. The molecule has 0 unspecified atom stereocenters. The SMILES string of the molecule is C=C(CBr)[C@H]1CC[C@H]2[C@@H]3CC[C@H]4C[C@](O)(C#CCl)CC[C@@H]4[C@H]3CC[C@]12C. The molecule has 4 aliphatic rings. The monoisotopic (exact) mass is 438 g/mol. The molecule has 0 heterocycles. The molecule has 0 aromatic rings. The normalized spacial score (nSPS) is 50.0. The quantitative estimate of drug-likeness (QED) is 0.311. The van der Waals surface area contributed by atoms with E-state index in [1.807, 2.05) is 0 Å². The van der Waals surface area contributed by atoms with Gasteiger partial charge in [0.15, 0.2) is 0 Å². The first-order valence-electron chi connectivity index (χ1n) is 10.5. The van der Waals surface area contributed by atoms with Crippen molar-refractivity contribution in [1.29, 1.82) is 0 Å². The highest BCUT2D eigenvalue weighted by molar-refractivity contribution is 9.09. The van der Waals surface area contributed by atoms with Crippen LogP contribution in [0, 0.1) is 52.2 Å². The zero-order valence-electron chi connectivity index (χ0n) is 15.9. The van der Waals surface area contributed by atoms with E-state index in [-0.39, 0.29) is 0 Å². The minimum absolute atomic E-state index is 0.471. The molecule has 0 aliphatic heterocycles. The Morgan fingerprint density at radius 2 is 1.88 bits per heavy atom. The third kappa shape index (κ3) is 3.01. The van der Waals surface area contributed by atoms with Crippen LogP contribution in [0.15, 0.2) is 12.2 Å². The summed E-state index contributed by atoms with van der Waals surface area (Å²) in [5, 5.41) is 14.2. The molecule has 4 rings (SSSR count). The van der Waals surface area contributed by atoms with Gasteiger partial charge in [-0.25, -0.2) is 0 Å². The van der Waals surface area contributed by atoms with Gasteiger partial charge < -0.3 is 5.11 Å². The van der Waals surface area contributed by atoms with E-state index >= 15 is 0 Å². The maximum atomic E-state index is 10.7. The van der Waals surface area contributed by atoms with Crippen LogP contribution in [0.25, 0.3) is 0 Å². The lowest BCUT2D eigenvalue weighted by Gasteiger charge is -2.57. The predicted octanol–water partition coefficient (Wildman–Crippen LogP) is 6.14. The molecule has 0 amide bonds. The van der Waals surface area contributed by atoms with E-state index in [2.05, 4.69) is 40.7 Å². The van der Waals surface area contributed by atoms with Crippen LogP contribution in [0.2, 0.25) is 0 Å². The molecular weight excluding hydrogens is 408 g/mol. The van der Waals surface area contributed by atoms with Gasteiger partial charge in [-0.3, -0.25) is 0 Å². The third-order valence-electron chi connectivity index (χ3n) is 8.95. The number of alkyl halides is 1. The first kappa shape index (κ1) is 19.4. The second-order valence-corrected chi connectivity index (χ2v) is 10.6. The molecule has 4 saturated carbocycles. The van der Waals surface area contributed by atoms with E-state index in [0.717, 1.165) is 48.3 Å². The zero-order chi connectivity index (χ0) is 18.5. The molecule has 8 atom stereocenters. The summed E-state index contributed by atoms with van der Waals surface area (Å²) < 4.78 is 0. The van der Waals surface area contributed by atoms with Gasteiger partial charge in [-0.15, -0.1) is 0 Å². The Hall–Kier alpha value is 0.0300. The molecule has 4 aliphatic carbocycles. The molecule has 0 spiro atoms. The van der Waals surface area contributed by atoms with Crippen LogP contribution in [-0.4, -0.2) is 16.0 Å². The topological polar surface area (TPSA) is 20.2 Å². The van der Waals surface area contributed by atoms with Gasteiger partial charge in [-0.05, 0) is 110 Å². The summed E-state index contributed by atoms with van der Waals surface area (Å²) in [7, 11) is 0. The van der Waals surface area contributed by atoms with E-state index < -0.39 is 5.60 Å². The Morgan fingerprint density at radius 1 is 1.12 bits per heavy atom. The molecule has 3 heteroatoms. The van der Waals surface area contributed by atoms with Crippen molar-refractivity contribution in [2.75, 3.05) is 5.33 Å². The number of allylic oxidation sites excluding steroid dienone is 1. The number of rotatable bonds is 2. The van der Waals surface area contributed by atoms with Crippen LogP contribution in [0.4, 0.5) is 0 Å². The van der Waals surface area contributed by atoms with Crippen molar-refractivity contribution in [3.05, 3.63) is 12.2 Å². The second kappa shape index (κ2) is 7.13. The van der Waals surface area contributed by atoms with Crippen LogP contribution in [0.5, 0.6) is 0 Å². The van der Waals surface area contributed by atoms with E-state index in [4.69, 9.17) is 11.6 Å². The lowest BCUT2D eigenvalue weighted by Crippen LogP contribution is -2.50. The number of hydrogen-bond donors (Lipinski definition) is 1. The van der Waals surface area contributed by atoms with Crippen molar-refractivity contribution in [2.24, 2.45) is 40.9 Å². The molecule has 0 aromatic heterocycles. The minimum atomic E-state index is -0.828. The van der Waals surface area contributed by atoms with Gasteiger partial charge in [0.1, 0.15) is 5.60 Å². The third-order valence-corrected chi connectivity index (χ3v) is 9.77. The Bertz CT molecular complexity index is 636. The first-order valence-corrected chi connectivity index (χ1v) is 12.0. The Kier molecular flexibility index (Phi) is 5.31. The fraction of sp³-hybridized carbons (Fsp3) is 0.826. The fourth-order valence-electron chi connectivity index (χ4n) is 7.84. The highest BCUT2D eigenvalue weighted by Crippen LogP contribution is 2.65. The van der Waals surface area contributed by atoms with E-state index in [0.29, 0.717) is 17.3 Å². The number of hydrogen-bond acceptors (Lipinski definition) is 1. The van der Waals surface area contributed by atoms with Gasteiger partial charge in [0, 0.05) is 10.7 Å². The van der Waals surface area contributed by atoms with Crippen LogP contribution >= 0.6 is 27.5 Å². The Morgan fingerprint density at radius 3 is 2.62 bits per heavy atom. The molecule has 1 nitrogen and oxygen atoms in total. The predicted molar refractivity (Wildman–Crippen MR) is 112 cm³/mol. The van der Waals surface area contributed by atoms with Crippen LogP contribution in [0.1, 0.15) is 64.7 Å². The van der Waals surface area contributed by atoms with Crippen molar-refractivity contribution in [3.8, 4) is 11.3 Å². The average molecular weight is 440 g/mol. The molecule has 0 saturated heterocycles. The Labute approximate surface area is 172 Å². The Balaban J connectivity index is 1.52. The molecule has 0 bridgehead atoms. The lowest BCUT2D eigenvalue weighted by atomic mass is 9.49. The molecule has 0 aromatic carbocycles. The number of fused-ring (bicyclic) bond motifs is 5. The largest absolute Gasteiger partial charge is 0.378 e. The summed E-state index contributed by atoms with van der Waals surface area (Å²) in [6.07, 6.45) is 10.9. The van der Waals surface area contributed by atoms with Gasteiger partial charge in [0.2, 0.25) is 0 Å². The summed E-state index contributed by atoms with van der Waals surface area (Å²) in [5.74, 6) is 7.69. The molecule has 26 heavy (non-hydrogen) atoms. The molecule has 4 fully saturated rings. The zero-order valence-corrected chi connectivity index (χ0v) is 18.3. The van der Waals surface area contributed by atoms with E-state index in [9.17, 15) is 5.11 Å². The van der Waals surface area contributed by atoms with E-state index in [1.54, 1.807) is 0 Å². The van der Waals surface area contributed by atoms with Gasteiger partial charge >= 0.3 is 0 Å². The van der Waals surface area contributed by atoms with Crippen LogP contribution in [-0.2, 0) is 0 Å². The maximum absolute atomic E-state index is 10.7. The summed E-state index contributed by atoms with van der Waals surface area (Å²) in [6.45, 7) is 6.97. The van der Waals surface area contributed by atoms with Crippen LogP contribution < -0.4 is 0 Å². The smallest absolute Gasteiger partial charge is 0.127 e. The highest BCUT2D eigenvalue weighted by Gasteiger charge is 2.57. The van der Waals surface area contributed by atoms with Gasteiger partial charge in [-0.2, -0.15) is 0 Å². The highest BCUT2D eigenvalue weighted by atomic mass is 79.9. The van der Waals surface area contributed by atoms with Gasteiger partial charge in [0.05, 0.1) is 0 Å². The maximum Gasteiger partial charge on any atom is 0.127 e. The van der Waals surface area contributed by atoms with Crippen molar-refractivity contribution < 1.29 is 5.11 Å². The van der Waals surface area contributed by atoms with Crippen molar-refractivity contribution in [2.45, 2.75) is 70.3 Å². The molecule has 0 radical (unpaired) electrons. The standard InChI is InChI=1S/C23H32BrClO/c1-15(14-24)20-5-6-21-19-4-3-16-13-23(26,11-12-25)10-8-17(16)18(19)7-9-22(20,21)2/h16-21,26H,1,3-10,13-14H2,2H3/t16-,17-,18+,19+,20+,21-,22+,23+/m0/s1. The summed E-state index contributed by atoms with van der Waals surface area (Å²) in [6, 6.07) is 0. The van der Waals surface area contributed by atoms with Gasteiger partial charge in [0.25, 0.3) is 0 Å². The fourth-order valence-corrected chi connectivity index (χ4v) is 8.41. The van der Waals surface area contributed by atoms with Crippen molar-refractivity contribution in [3.63, 3.8) is 0 Å².